The number of nitrogens with zero attached hydrogens (tertiary/aromatic N) is 4. The van der Waals surface area contributed by atoms with Crippen molar-refractivity contribution in [2.45, 2.75) is 44.9 Å². The molecule has 0 aliphatic heterocycles. The Labute approximate surface area is 172 Å². The lowest BCUT2D eigenvalue weighted by molar-refractivity contribution is -0.149. The second kappa shape index (κ2) is 9.13. The summed E-state index contributed by atoms with van der Waals surface area (Å²) in [6.07, 6.45) is 1.91. The van der Waals surface area contributed by atoms with Gasteiger partial charge in [0.1, 0.15) is 5.82 Å². The van der Waals surface area contributed by atoms with E-state index in [0.29, 0.717) is 17.1 Å². The largest absolute Gasteiger partial charge is 0.453 e. The van der Waals surface area contributed by atoms with Crippen LogP contribution < -0.4 is 0 Å². The number of hydrogen-bond acceptors (Lipinski definition) is 8. The van der Waals surface area contributed by atoms with Gasteiger partial charge in [0.05, 0.1) is 0 Å². The van der Waals surface area contributed by atoms with Crippen molar-refractivity contribution in [1.82, 2.24) is 20.2 Å². The lowest BCUT2D eigenvalue weighted by atomic mass is 10.1. The predicted octanol–water partition coefficient (Wildman–Crippen LogP) is 4.24. The first-order chi connectivity index (χ1) is 13.9. The third-order valence-electron chi connectivity index (χ3n) is 4.35. The molecule has 2 heterocycles. The molecule has 0 unspecified atom stereocenters. The highest BCUT2D eigenvalue weighted by Crippen LogP contribution is 2.23. The lowest BCUT2D eigenvalue weighted by Gasteiger charge is -2.11. The van der Waals surface area contributed by atoms with E-state index in [1.54, 1.807) is 19.1 Å². The molecule has 3 rings (SSSR count). The van der Waals surface area contributed by atoms with Crippen LogP contribution in [0, 0.1) is 19.7 Å². The predicted molar refractivity (Wildman–Crippen MR) is 106 cm³/mol. The van der Waals surface area contributed by atoms with Gasteiger partial charge in [0.25, 0.3) is 5.89 Å². The van der Waals surface area contributed by atoms with Crippen molar-refractivity contribution >= 4 is 17.7 Å². The van der Waals surface area contributed by atoms with Crippen LogP contribution in [0.1, 0.15) is 42.3 Å². The first-order valence-corrected chi connectivity index (χ1v) is 10.3. The van der Waals surface area contributed by atoms with E-state index in [2.05, 4.69) is 20.2 Å². The third kappa shape index (κ3) is 5.17. The molecule has 0 bridgehead atoms. The molecule has 0 aliphatic rings. The van der Waals surface area contributed by atoms with Crippen molar-refractivity contribution in [1.29, 1.82) is 0 Å². The van der Waals surface area contributed by atoms with Crippen LogP contribution in [0.3, 0.4) is 0 Å². The van der Waals surface area contributed by atoms with Gasteiger partial charge in [0.15, 0.2) is 11.3 Å². The molecule has 1 aromatic carbocycles. The fraction of sp³-hybridized carbons (Fsp3) is 0.350. The van der Waals surface area contributed by atoms with Crippen LogP contribution >= 0.6 is 11.8 Å². The summed E-state index contributed by atoms with van der Waals surface area (Å²) in [7, 11) is 0. The standard InChI is InChI=1S/C20H21FN4O3S/c1-11-16(12(2)23-20(22-11)29-4)9-10-17(26)27-13(3)18-24-25-19(28-18)14-5-7-15(21)8-6-14/h5-8,13H,9-10H2,1-4H3/t13-/m0/s1. The average molecular weight is 416 g/mol. The van der Waals surface area contributed by atoms with Crippen molar-refractivity contribution in [3.63, 3.8) is 0 Å². The molecule has 0 aliphatic carbocycles. The molecule has 29 heavy (non-hydrogen) atoms. The summed E-state index contributed by atoms with van der Waals surface area (Å²) in [5.74, 6) is -0.320. The van der Waals surface area contributed by atoms with E-state index in [1.807, 2.05) is 20.1 Å². The zero-order valence-electron chi connectivity index (χ0n) is 16.6. The normalized spacial score (nSPS) is 12.0. The van der Waals surface area contributed by atoms with Crippen LogP contribution in [0.25, 0.3) is 11.5 Å². The van der Waals surface area contributed by atoms with Crippen LogP contribution in [0.4, 0.5) is 4.39 Å². The SMILES string of the molecule is CSc1nc(C)c(CCC(=O)O[C@@H](C)c2nnc(-c3ccc(F)cc3)o2)c(C)n1. The van der Waals surface area contributed by atoms with Crippen LogP contribution in [0.2, 0.25) is 0 Å². The van der Waals surface area contributed by atoms with E-state index in [9.17, 15) is 9.18 Å². The average Bonchev–Trinajstić information content (AvgIpc) is 3.18. The molecule has 7 nitrogen and oxygen atoms in total. The van der Waals surface area contributed by atoms with E-state index in [-0.39, 0.29) is 30.0 Å². The number of benzene rings is 1. The van der Waals surface area contributed by atoms with Crippen molar-refractivity contribution in [3.8, 4) is 11.5 Å². The van der Waals surface area contributed by atoms with Gasteiger partial charge in [0, 0.05) is 23.4 Å². The molecular formula is C20H21FN4O3S. The number of carbonyl (C=O) groups excluding carboxylic acids is 1. The molecule has 3 aromatic rings. The zero-order valence-corrected chi connectivity index (χ0v) is 17.4. The number of esters is 1. The Morgan fingerprint density at radius 3 is 2.45 bits per heavy atom. The molecule has 152 valence electrons. The fourth-order valence-electron chi connectivity index (χ4n) is 2.80. The molecule has 0 saturated carbocycles. The zero-order chi connectivity index (χ0) is 21.0. The molecule has 0 radical (unpaired) electrons. The highest BCUT2D eigenvalue weighted by molar-refractivity contribution is 7.98. The van der Waals surface area contributed by atoms with E-state index >= 15 is 0 Å². The molecule has 2 aromatic heterocycles. The van der Waals surface area contributed by atoms with Crippen LogP contribution in [-0.4, -0.2) is 32.4 Å². The summed E-state index contributed by atoms with van der Waals surface area (Å²) in [5, 5.41) is 8.57. The van der Waals surface area contributed by atoms with Gasteiger partial charge in [-0.1, -0.05) is 11.8 Å². The van der Waals surface area contributed by atoms with Gasteiger partial charge in [0.2, 0.25) is 5.89 Å². The summed E-state index contributed by atoms with van der Waals surface area (Å²) in [5.41, 5.74) is 3.26. The number of carbonyl (C=O) groups is 1. The lowest BCUT2D eigenvalue weighted by Crippen LogP contribution is -2.11. The Kier molecular flexibility index (Phi) is 6.58. The molecule has 1 atom stereocenters. The number of ether oxygens (including phenoxy) is 1. The first-order valence-electron chi connectivity index (χ1n) is 9.04. The third-order valence-corrected chi connectivity index (χ3v) is 4.90. The number of aryl methyl sites for hydroxylation is 2. The maximum atomic E-state index is 13.0. The summed E-state index contributed by atoms with van der Waals surface area (Å²) < 4.78 is 24.0. The van der Waals surface area contributed by atoms with E-state index < -0.39 is 6.10 Å². The topological polar surface area (TPSA) is 91.0 Å². The summed E-state index contributed by atoms with van der Waals surface area (Å²) in [6.45, 7) is 5.48. The van der Waals surface area contributed by atoms with E-state index in [4.69, 9.17) is 9.15 Å². The Morgan fingerprint density at radius 2 is 1.83 bits per heavy atom. The number of rotatable bonds is 7. The van der Waals surface area contributed by atoms with Crippen LogP contribution in [-0.2, 0) is 16.0 Å². The van der Waals surface area contributed by atoms with Crippen molar-refractivity contribution in [2.75, 3.05) is 6.26 Å². The van der Waals surface area contributed by atoms with Gasteiger partial charge >= 0.3 is 5.97 Å². The fourth-order valence-corrected chi connectivity index (χ4v) is 3.26. The van der Waals surface area contributed by atoms with E-state index in [0.717, 1.165) is 17.0 Å². The van der Waals surface area contributed by atoms with Crippen molar-refractivity contribution < 1.29 is 18.3 Å². The molecule has 0 N–H and O–H groups in total. The van der Waals surface area contributed by atoms with Crippen LogP contribution in [0.5, 0.6) is 0 Å². The Morgan fingerprint density at radius 1 is 1.17 bits per heavy atom. The molecule has 0 spiro atoms. The molecular weight excluding hydrogens is 395 g/mol. The summed E-state index contributed by atoms with van der Waals surface area (Å²) in [4.78, 5) is 21.1. The smallest absolute Gasteiger partial charge is 0.306 e. The van der Waals surface area contributed by atoms with Gasteiger partial charge in [-0.2, -0.15) is 0 Å². The molecule has 0 amide bonds. The Bertz CT molecular complexity index is 984. The maximum absolute atomic E-state index is 13.0. The Balaban J connectivity index is 1.59. The minimum absolute atomic E-state index is 0.178. The Hall–Kier alpha value is -2.81. The monoisotopic (exact) mass is 416 g/mol. The minimum Gasteiger partial charge on any atom is -0.453 e. The van der Waals surface area contributed by atoms with Crippen molar-refractivity contribution in [2.24, 2.45) is 0 Å². The second-order valence-corrected chi connectivity index (χ2v) is 7.22. The van der Waals surface area contributed by atoms with Gasteiger partial charge in [-0.3, -0.25) is 4.79 Å². The summed E-state index contributed by atoms with van der Waals surface area (Å²) in [6, 6.07) is 5.70. The van der Waals surface area contributed by atoms with Gasteiger partial charge < -0.3 is 9.15 Å². The van der Waals surface area contributed by atoms with Crippen molar-refractivity contribution in [3.05, 3.63) is 52.9 Å². The minimum atomic E-state index is -0.693. The van der Waals surface area contributed by atoms with E-state index in [1.165, 1.54) is 23.9 Å². The van der Waals surface area contributed by atoms with Gasteiger partial charge in [-0.05, 0) is 63.3 Å². The molecule has 0 saturated heterocycles. The molecule has 9 heteroatoms. The summed E-state index contributed by atoms with van der Waals surface area (Å²) >= 11 is 1.48. The van der Waals surface area contributed by atoms with Crippen LogP contribution in [0.15, 0.2) is 33.8 Å². The molecule has 0 fully saturated rings. The number of hydrogen-bond donors (Lipinski definition) is 0. The quantitative estimate of drug-likeness (QED) is 0.321. The van der Waals surface area contributed by atoms with Gasteiger partial charge in [-0.25, -0.2) is 14.4 Å². The first kappa shape index (κ1) is 20.9. The number of thioether (sulfide) groups is 1. The highest BCUT2D eigenvalue weighted by Gasteiger charge is 2.20. The second-order valence-electron chi connectivity index (χ2n) is 6.44. The highest BCUT2D eigenvalue weighted by atomic mass is 32.2. The maximum Gasteiger partial charge on any atom is 0.306 e. The number of halogens is 1. The number of aromatic nitrogens is 4. The van der Waals surface area contributed by atoms with Gasteiger partial charge in [-0.15, -0.1) is 10.2 Å².